The van der Waals surface area contributed by atoms with E-state index in [4.69, 9.17) is 9.84 Å². The summed E-state index contributed by atoms with van der Waals surface area (Å²) in [6.45, 7) is 2.64. The quantitative estimate of drug-likeness (QED) is 0.652. The van der Waals surface area contributed by atoms with Gasteiger partial charge < -0.3 is 15.2 Å². The predicted molar refractivity (Wildman–Crippen MR) is 70.6 cm³/mol. The summed E-state index contributed by atoms with van der Waals surface area (Å²) in [6, 6.07) is 0. The van der Waals surface area contributed by atoms with Crippen molar-refractivity contribution in [3.05, 3.63) is 0 Å². The van der Waals surface area contributed by atoms with Crippen LogP contribution >= 0.6 is 11.8 Å². The van der Waals surface area contributed by atoms with Crippen molar-refractivity contribution in [2.75, 3.05) is 25.2 Å². The number of carboxylic acids is 1. The van der Waals surface area contributed by atoms with Crippen LogP contribution in [0.5, 0.6) is 0 Å². The fourth-order valence-electron chi connectivity index (χ4n) is 1.86. The first-order chi connectivity index (χ1) is 8.08. The summed E-state index contributed by atoms with van der Waals surface area (Å²) in [5.41, 5.74) is -0.787. The molecule has 0 aromatic heterocycles. The van der Waals surface area contributed by atoms with Crippen LogP contribution in [-0.2, 0) is 9.53 Å². The maximum Gasteiger partial charge on any atom is 0.323 e. The van der Waals surface area contributed by atoms with Gasteiger partial charge in [-0.1, -0.05) is 0 Å². The van der Waals surface area contributed by atoms with Crippen LogP contribution in [0, 0.1) is 0 Å². The lowest BCUT2D eigenvalue weighted by Crippen LogP contribution is -2.47. The molecule has 2 atom stereocenters. The van der Waals surface area contributed by atoms with E-state index in [0.29, 0.717) is 12.5 Å². The van der Waals surface area contributed by atoms with Crippen LogP contribution in [0.15, 0.2) is 0 Å². The number of aliphatic carboxylic acids is 1. The first-order valence-electron chi connectivity index (χ1n) is 6.20. The molecule has 0 aromatic rings. The zero-order valence-electron chi connectivity index (χ0n) is 10.7. The van der Waals surface area contributed by atoms with Gasteiger partial charge in [0, 0.05) is 12.4 Å². The Hall–Kier alpha value is -0.260. The van der Waals surface area contributed by atoms with Crippen LogP contribution in [0.3, 0.4) is 0 Å². The Labute approximate surface area is 107 Å². The summed E-state index contributed by atoms with van der Waals surface area (Å²) < 4.78 is 5.53. The Balaban J connectivity index is 2.08. The molecule has 5 heteroatoms. The van der Waals surface area contributed by atoms with Crippen molar-refractivity contribution in [1.29, 1.82) is 0 Å². The van der Waals surface area contributed by atoms with Gasteiger partial charge in [0.2, 0.25) is 0 Å². The lowest BCUT2D eigenvalue weighted by atomic mass is 9.97. The highest BCUT2D eigenvalue weighted by Gasteiger charge is 2.30. The lowest BCUT2D eigenvalue weighted by Gasteiger charge is -2.23. The first kappa shape index (κ1) is 14.8. The number of carbonyl (C=O) groups is 1. The van der Waals surface area contributed by atoms with Gasteiger partial charge in [0.15, 0.2) is 0 Å². The third kappa shape index (κ3) is 4.85. The summed E-state index contributed by atoms with van der Waals surface area (Å²) in [7, 11) is 1.70. The molecule has 17 heavy (non-hydrogen) atoms. The number of rotatable bonds is 8. The molecule has 0 aromatic carbocycles. The van der Waals surface area contributed by atoms with E-state index in [0.717, 1.165) is 24.5 Å². The lowest BCUT2D eigenvalue weighted by molar-refractivity contribution is -0.144. The summed E-state index contributed by atoms with van der Waals surface area (Å²) >= 11 is 1.87. The van der Waals surface area contributed by atoms with Gasteiger partial charge in [0.05, 0.1) is 6.10 Å². The van der Waals surface area contributed by atoms with Crippen LogP contribution in [0.4, 0.5) is 0 Å². The van der Waals surface area contributed by atoms with Gasteiger partial charge in [-0.05, 0) is 45.4 Å². The second-order valence-corrected chi connectivity index (χ2v) is 5.85. The largest absolute Gasteiger partial charge is 0.480 e. The molecule has 1 saturated heterocycles. The standard InChI is InChI=1S/C12H23NO3S/c1-12(13-2,11(14)15)6-4-8-17-9-10-5-3-7-16-10/h10,13H,3-9H2,1-2H3,(H,14,15). The molecule has 2 N–H and O–H groups in total. The van der Waals surface area contributed by atoms with E-state index < -0.39 is 11.5 Å². The second-order valence-electron chi connectivity index (χ2n) is 4.70. The highest BCUT2D eigenvalue weighted by molar-refractivity contribution is 7.99. The summed E-state index contributed by atoms with van der Waals surface area (Å²) in [6.07, 6.45) is 4.37. The molecular formula is C12H23NO3S. The number of likely N-dealkylation sites (N-methyl/N-ethyl adjacent to an activating group) is 1. The molecular weight excluding hydrogens is 238 g/mol. The Kier molecular flexibility index (Phi) is 6.30. The normalized spacial score (nSPS) is 23.5. The molecule has 0 radical (unpaired) electrons. The first-order valence-corrected chi connectivity index (χ1v) is 7.35. The van der Waals surface area contributed by atoms with Crippen LogP contribution in [0.25, 0.3) is 0 Å². The maximum atomic E-state index is 11.0. The summed E-state index contributed by atoms with van der Waals surface area (Å²) in [4.78, 5) is 11.0. The molecule has 2 unspecified atom stereocenters. The molecule has 4 nitrogen and oxygen atoms in total. The average molecular weight is 261 g/mol. The molecule has 0 spiro atoms. The van der Waals surface area contributed by atoms with Gasteiger partial charge in [-0.15, -0.1) is 0 Å². The number of carboxylic acid groups (broad SMARTS) is 1. The second kappa shape index (κ2) is 7.24. The third-order valence-corrected chi connectivity index (χ3v) is 4.50. The van der Waals surface area contributed by atoms with Gasteiger partial charge in [-0.3, -0.25) is 4.79 Å². The summed E-state index contributed by atoms with van der Waals surface area (Å²) in [5, 5.41) is 11.9. The predicted octanol–water partition coefficient (Wildman–Crippen LogP) is 1.74. The van der Waals surface area contributed by atoms with E-state index in [2.05, 4.69) is 5.32 Å². The van der Waals surface area contributed by atoms with Crippen LogP contribution in [0.2, 0.25) is 0 Å². The SMILES string of the molecule is CNC(C)(CCCSCC1CCCO1)C(=O)O. The maximum absolute atomic E-state index is 11.0. The minimum absolute atomic E-state index is 0.426. The Morgan fingerprint density at radius 2 is 2.41 bits per heavy atom. The number of hydrogen-bond acceptors (Lipinski definition) is 4. The molecule has 0 aliphatic carbocycles. The zero-order valence-corrected chi connectivity index (χ0v) is 11.5. The smallest absolute Gasteiger partial charge is 0.323 e. The van der Waals surface area contributed by atoms with Crippen molar-refractivity contribution in [2.24, 2.45) is 0 Å². The molecule has 1 aliphatic rings. The number of hydrogen-bond donors (Lipinski definition) is 2. The fraction of sp³-hybridized carbons (Fsp3) is 0.917. The zero-order chi connectivity index (χ0) is 12.7. The van der Waals surface area contributed by atoms with E-state index in [1.165, 1.54) is 12.8 Å². The third-order valence-electron chi connectivity index (χ3n) is 3.32. The van der Waals surface area contributed by atoms with E-state index in [1.807, 2.05) is 11.8 Å². The van der Waals surface area contributed by atoms with Crippen LogP contribution < -0.4 is 5.32 Å². The van der Waals surface area contributed by atoms with Crippen LogP contribution in [-0.4, -0.2) is 47.9 Å². The van der Waals surface area contributed by atoms with Gasteiger partial charge in [-0.25, -0.2) is 0 Å². The van der Waals surface area contributed by atoms with E-state index in [9.17, 15) is 4.79 Å². The number of nitrogens with one attached hydrogen (secondary N) is 1. The van der Waals surface area contributed by atoms with E-state index in [-0.39, 0.29) is 0 Å². The Bertz CT molecular complexity index is 244. The topological polar surface area (TPSA) is 58.6 Å². The monoisotopic (exact) mass is 261 g/mol. The Morgan fingerprint density at radius 1 is 1.65 bits per heavy atom. The molecule has 1 fully saturated rings. The van der Waals surface area contributed by atoms with Gasteiger partial charge in [0.25, 0.3) is 0 Å². The summed E-state index contributed by atoms with van der Waals surface area (Å²) in [5.74, 6) is 1.28. The number of thioether (sulfide) groups is 1. The van der Waals surface area contributed by atoms with E-state index >= 15 is 0 Å². The molecule has 1 aliphatic heterocycles. The van der Waals surface area contributed by atoms with Gasteiger partial charge in [0.1, 0.15) is 5.54 Å². The van der Waals surface area contributed by atoms with Crippen molar-refractivity contribution >= 4 is 17.7 Å². The van der Waals surface area contributed by atoms with Crippen LogP contribution in [0.1, 0.15) is 32.6 Å². The molecule has 100 valence electrons. The van der Waals surface area contributed by atoms with Crippen molar-refractivity contribution in [1.82, 2.24) is 5.32 Å². The molecule has 0 amide bonds. The highest BCUT2D eigenvalue weighted by atomic mass is 32.2. The van der Waals surface area contributed by atoms with E-state index in [1.54, 1.807) is 14.0 Å². The van der Waals surface area contributed by atoms with Crippen molar-refractivity contribution < 1.29 is 14.6 Å². The number of ether oxygens (including phenoxy) is 1. The fourth-order valence-corrected chi connectivity index (χ4v) is 2.90. The minimum atomic E-state index is -0.787. The molecule has 1 rings (SSSR count). The Morgan fingerprint density at radius 3 is 2.94 bits per heavy atom. The highest BCUT2D eigenvalue weighted by Crippen LogP contribution is 2.19. The molecule has 0 bridgehead atoms. The van der Waals surface area contributed by atoms with Crippen molar-refractivity contribution in [2.45, 2.75) is 44.2 Å². The minimum Gasteiger partial charge on any atom is -0.480 e. The molecule has 0 saturated carbocycles. The van der Waals surface area contributed by atoms with Gasteiger partial charge >= 0.3 is 5.97 Å². The van der Waals surface area contributed by atoms with Gasteiger partial charge in [-0.2, -0.15) is 11.8 Å². The molecule has 1 heterocycles. The van der Waals surface area contributed by atoms with Crippen molar-refractivity contribution in [3.8, 4) is 0 Å². The average Bonchev–Trinajstić information content (AvgIpc) is 2.81. The van der Waals surface area contributed by atoms with Crippen molar-refractivity contribution in [3.63, 3.8) is 0 Å².